The fourth-order valence-electron chi connectivity index (χ4n) is 1.84. The topological polar surface area (TPSA) is 76.4 Å². The minimum Gasteiger partial charge on any atom is -0.467 e. The second kappa shape index (κ2) is 7.47. The number of sulfone groups is 1. The number of furan rings is 1. The van der Waals surface area contributed by atoms with Gasteiger partial charge in [0.05, 0.1) is 24.3 Å². The molecule has 0 aliphatic rings. The summed E-state index contributed by atoms with van der Waals surface area (Å²) in [5.41, 5.74) is 0.653. The number of rotatable bonds is 7. The summed E-state index contributed by atoms with van der Waals surface area (Å²) in [6.45, 7) is 0.253. The van der Waals surface area contributed by atoms with E-state index in [9.17, 15) is 13.2 Å². The molecule has 2 rings (SSSR count). The molecule has 7 heteroatoms. The first-order chi connectivity index (χ1) is 10.4. The Hall–Kier alpha value is -1.79. The lowest BCUT2D eigenvalue weighted by Crippen LogP contribution is -2.25. The lowest BCUT2D eigenvalue weighted by Gasteiger charge is -2.06. The lowest BCUT2D eigenvalue weighted by atomic mass is 10.2. The van der Waals surface area contributed by atoms with Gasteiger partial charge in [0, 0.05) is 11.4 Å². The van der Waals surface area contributed by atoms with Crippen molar-refractivity contribution in [2.24, 2.45) is 0 Å². The van der Waals surface area contributed by atoms with Crippen LogP contribution in [0.3, 0.4) is 0 Å². The maximum Gasteiger partial charge on any atom is 0.221 e. The first-order valence-electron chi connectivity index (χ1n) is 6.68. The second-order valence-corrected chi connectivity index (χ2v) is 7.45. The Kier molecular flexibility index (Phi) is 5.63. The van der Waals surface area contributed by atoms with Gasteiger partial charge in [-0.25, -0.2) is 8.42 Å². The summed E-state index contributed by atoms with van der Waals surface area (Å²) in [5, 5.41) is 3.17. The third-order valence-corrected chi connectivity index (χ3v) is 4.83. The van der Waals surface area contributed by atoms with E-state index >= 15 is 0 Å². The van der Waals surface area contributed by atoms with Gasteiger partial charge in [-0.05, 0) is 29.8 Å². The Balaban J connectivity index is 1.79. The molecule has 0 radical (unpaired) electrons. The third kappa shape index (κ3) is 5.54. The Morgan fingerprint density at radius 2 is 1.91 bits per heavy atom. The summed E-state index contributed by atoms with van der Waals surface area (Å²) in [6.07, 6.45) is 1.44. The highest BCUT2D eigenvalue weighted by molar-refractivity contribution is 7.90. The number of hydrogen-bond donors (Lipinski definition) is 1. The van der Waals surface area contributed by atoms with Gasteiger partial charge in [-0.2, -0.15) is 0 Å². The van der Waals surface area contributed by atoms with Gasteiger partial charge in [-0.1, -0.05) is 23.7 Å². The van der Waals surface area contributed by atoms with Gasteiger partial charge in [0.15, 0.2) is 9.84 Å². The molecule has 0 atom stereocenters. The van der Waals surface area contributed by atoms with Gasteiger partial charge >= 0.3 is 0 Å². The summed E-state index contributed by atoms with van der Waals surface area (Å²) in [4.78, 5) is 11.6. The minimum absolute atomic E-state index is 0.0728. The van der Waals surface area contributed by atoms with Crippen LogP contribution in [0.1, 0.15) is 17.7 Å². The van der Waals surface area contributed by atoms with Crippen LogP contribution >= 0.6 is 11.6 Å². The molecule has 1 heterocycles. The van der Waals surface area contributed by atoms with Crippen LogP contribution < -0.4 is 5.32 Å². The van der Waals surface area contributed by atoms with Crippen LogP contribution in [-0.4, -0.2) is 20.1 Å². The quantitative estimate of drug-likeness (QED) is 0.839. The first-order valence-corrected chi connectivity index (χ1v) is 8.88. The fourth-order valence-corrected chi connectivity index (χ4v) is 3.31. The lowest BCUT2D eigenvalue weighted by molar-refractivity contribution is -0.120. The van der Waals surface area contributed by atoms with Crippen molar-refractivity contribution in [2.75, 3.05) is 5.75 Å². The van der Waals surface area contributed by atoms with Crippen molar-refractivity contribution in [3.8, 4) is 0 Å². The molecule has 0 aliphatic heterocycles. The van der Waals surface area contributed by atoms with E-state index in [1.807, 2.05) is 0 Å². The summed E-state index contributed by atoms with van der Waals surface area (Å²) < 4.78 is 29.1. The van der Waals surface area contributed by atoms with Gasteiger partial charge in [0.25, 0.3) is 0 Å². The van der Waals surface area contributed by atoms with E-state index in [0.717, 1.165) is 0 Å². The van der Waals surface area contributed by atoms with Crippen molar-refractivity contribution in [2.45, 2.75) is 18.7 Å². The monoisotopic (exact) mass is 341 g/mol. The highest BCUT2D eigenvalue weighted by atomic mass is 35.5. The Bertz CT molecular complexity index is 709. The summed E-state index contributed by atoms with van der Waals surface area (Å²) in [7, 11) is -3.34. The average Bonchev–Trinajstić information content (AvgIpc) is 2.99. The number of nitrogens with one attached hydrogen (secondary N) is 1. The molecule has 0 fully saturated rings. The molecule has 1 aromatic heterocycles. The van der Waals surface area contributed by atoms with Crippen molar-refractivity contribution in [3.63, 3.8) is 0 Å². The molecule has 0 saturated heterocycles. The van der Waals surface area contributed by atoms with E-state index in [0.29, 0.717) is 16.3 Å². The molecule has 118 valence electrons. The first kappa shape index (κ1) is 16.6. The minimum atomic E-state index is -3.34. The third-order valence-electron chi connectivity index (χ3n) is 2.98. The van der Waals surface area contributed by atoms with Crippen molar-refractivity contribution in [1.82, 2.24) is 5.32 Å². The van der Waals surface area contributed by atoms with E-state index < -0.39 is 9.84 Å². The largest absolute Gasteiger partial charge is 0.467 e. The van der Waals surface area contributed by atoms with E-state index in [1.54, 1.807) is 36.4 Å². The van der Waals surface area contributed by atoms with E-state index in [1.165, 1.54) is 6.26 Å². The van der Waals surface area contributed by atoms with Gasteiger partial charge in [0.1, 0.15) is 5.76 Å². The molecule has 1 N–H and O–H groups in total. The van der Waals surface area contributed by atoms with Crippen molar-refractivity contribution in [3.05, 3.63) is 59.0 Å². The summed E-state index contributed by atoms with van der Waals surface area (Å²) >= 11 is 5.75. The van der Waals surface area contributed by atoms with Crippen LogP contribution in [0, 0.1) is 0 Å². The number of carbonyl (C=O) groups is 1. The van der Waals surface area contributed by atoms with Crippen LogP contribution in [0.5, 0.6) is 0 Å². The molecular formula is C15H16ClNO4S. The zero-order chi connectivity index (χ0) is 16.0. The molecule has 1 amide bonds. The van der Waals surface area contributed by atoms with Crippen LogP contribution in [0.2, 0.25) is 5.02 Å². The van der Waals surface area contributed by atoms with E-state index in [4.69, 9.17) is 16.0 Å². The predicted octanol–water partition coefficient (Wildman–Crippen LogP) is 2.55. The standard InChI is InChI=1S/C15H16ClNO4S/c16-13-5-3-12(4-6-13)11-22(19,20)9-7-15(18)17-10-14-2-1-8-21-14/h1-6,8H,7,9-11H2,(H,17,18). The van der Waals surface area contributed by atoms with Crippen LogP contribution in [0.15, 0.2) is 47.1 Å². The van der Waals surface area contributed by atoms with Crippen LogP contribution in [0.4, 0.5) is 0 Å². The highest BCUT2D eigenvalue weighted by Crippen LogP contribution is 2.13. The molecule has 0 bridgehead atoms. The van der Waals surface area contributed by atoms with Gasteiger partial charge in [0.2, 0.25) is 5.91 Å². The Morgan fingerprint density at radius 3 is 2.55 bits per heavy atom. The smallest absolute Gasteiger partial charge is 0.221 e. The zero-order valence-corrected chi connectivity index (χ0v) is 13.4. The molecule has 0 aliphatic carbocycles. The van der Waals surface area contributed by atoms with Crippen molar-refractivity contribution >= 4 is 27.3 Å². The average molecular weight is 342 g/mol. The second-order valence-electron chi connectivity index (χ2n) is 4.82. The zero-order valence-electron chi connectivity index (χ0n) is 11.8. The van der Waals surface area contributed by atoms with Gasteiger partial charge in [-0.3, -0.25) is 4.79 Å². The summed E-state index contributed by atoms with van der Waals surface area (Å²) in [6, 6.07) is 10.1. The maximum absolute atomic E-state index is 12.0. The predicted molar refractivity (Wildman–Crippen MR) is 84.1 cm³/mol. The molecule has 0 spiro atoms. The molecule has 2 aromatic rings. The molecule has 0 saturated carbocycles. The van der Waals surface area contributed by atoms with Crippen molar-refractivity contribution in [1.29, 1.82) is 0 Å². The molecular weight excluding hydrogens is 326 g/mol. The number of carbonyl (C=O) groups excluding carboxylic acids is 1. The highest BCUT2D eigenvalue weighted by Gasteiger charge is 2.14. The number of amides is 1. The summed E-state index contributed by atoms with van der Waals surface area (Å²) in [5.74, 6) is 0.00311. The number of benzene rings is 1. The molecule has 5 nitrogen and oxygen atoms in total. The van der Waals surface area contributed by atoms with Crippen molar-refractivity contribution < 1.29 is 17.6 Å². The maximum atomic E-state index is 12.0. The Labute approximate surface area is 134 Å². The molecule has 0 unspecified atom stereocenters. The normalized spacial score (nSPS) is 11.3. The SMILES string of the molecule is O=C(CCS(=O)(=O)Cc1ccc(Cl)cc1)NCc1ccco1. The van der Waals surface area contributed by atoms with Gasteiger partial charge < -0.3 is 9.73 Å². The number of hydrogen-bond acceptors (Lipinski definition) is 4. The van der Waals surface area contributed by atoms with E-state index in [-0.39, 0.29) is 30.4 Å². The number of halogens is 1. The van der Waals surface area contributed by atoms with Gasteiger partial charge in [-0.15, -0.1) is 0 Å². The van der Waals surface area contributed by atoms with Crippen LogP contribution in [0.25, 0.3) is 0 Å². The fraction of sp³-hybridized carbons (Fsp3) is 0.267. The van der Waals surface area contributed by atoms with E-state index in [2.05, 4.69) is 5.32 Å². The molecule has 22 heavy (non-hydrogen) atoms. The molecule has 1 aromatic carbocycles. The Morgan fingerprint density at radius 1 is 1.18 bits per heavy atom. The van der Waals surface area contributed by atoms with Crippen LogP contribution in [-0.2, 0) is 26.9 Å².